The summed E-state index contributed by atoms with van der Waals surface area (Å²) in [5.41, 5.74) is -0.862. The van der Waals surface area contributed by atoms with Gasteiger partial charge in [0.25, 0.3) is 20.2 Å². The maximum Gasteiger partial charge on any atom is 1.00 e. The molecule has 11 nitrogen and oxygen atoms in total. The zero-order valence-electron chi connectivity index (χ0n) is 16.3. The number of carbonyl (C=O) groups excluding carboxylic acids is 1. The Morgan fingerprint density at radius 1 is 0.833 bits per heavy atom. The van der Waals surface area contributed by atoms with Gasteiger partial charge in [0.15, 0.2) is 22.2 Å². The SMILES string of the molecule is COc1cc(C(=O)c2ccccc2)c(S(=O)(=O)O[O-])c(S(=O)(=O)O[O-])c1OC.[Na+].[Na+]. The molecule has 0 fully saturated rings. The summed E-state index contributed by atoms with van der Waals surface area (Å²) in [6.45, 7) is 0. The number of hydrogen-bond acceptors (Lipinski definition) is 11. The van der Waals surface area contributed by atoms with E-state index in [-0.39, 0.29) is 64.7 Å². The molecule has 0 aromatic heterocycles. The van der Waals surface area contributed by atoms with Gasteiger partial charge >= 0.3 is 59.1 Å². The molecule has 0 atom stereocenters. The van der Waals surface area contributed by atoms with Crippen molar-refractivity contribution in [1.82, 2.24) is 0 Å². The first-order chi connectivity index (χ1) is 13.1. The van der Waals surface area contributed by atoms with Gasteiger partial charge in [0.2, 0.25) is 0 Å². The Balaban J connectivity index is 0.00000420. The fraction of sp³-hybridized carbons (Fsp3) is 0.133. The summed E-state index contributed by atoms with van der Waals surface area (Å²) >= 11 is 0. The Kier molecular flexibility index (Phi) is 11.7. The standard InChI is InChI=1S/C15H14O11S2.2Na/c1-23-11-8-10(12(16)9-6-4-3-5-7-9)14(27(19,20)25-17)15(13(11)24-2)28(21,22)26-18;;/h3-8,17-18H,1-2H3;;/q;2*+1/p-2. The van der Waals surface area contributed by atoms with Gasteiger partial charge in [-0.1, -0.05) is 30.3 Å². The summed E-state index contributed by atoms with van der Waals surface area (Å²) in [6.07, 6.45) is 0. The van der Waals surface area contributed by atoms with Crippen molar-refractivity contribution in [2.45, 2.75) is 9.79 Å². The Bertz CT molecular complexity index is 1100. The summed E-state index contributed by atoms with van der Waals surface area (Å²) in [6, 6.07) is 7.96. The molecular formula is C15H12Na2O11S2. The molecule has 0 saturated heterocycles. The molecule has 0 aliphatic carbocycles. The van der Waals surface area contributed by atoms with Gasteiger partial charge in [-0.15, -0.1) is 0 Å². The number of rotatable bonds is 8. The fourth-order valence-electron chi connectivity index (χ4n) is 2.40. The third kappa shape index (κ3) is 5.82. The quantitative estimate of drug-likeness (QED) is 0.153. The van der Waals surface area contributed by atoms with Crippen LogP contribution in [-0.4, -0.2) is 36.8 Å². The van der Waals surface area contributed by atoms with Gasteiger partial charge in [-0.25, -0.2) is 0 Å². The van der Waals surface area contributed by atoms with Crippen LogP contribution in [0.4, 0.5) is 0 Å². The van der Waals surface area contributed by atoms with E-state index in [4.69, 9.17) is 9.47 Å². The first-order valence-electron chi connectivity index (χ1n) is 7.16. The van der Waals surface area contributed by atoms with Crippen LogP contribution in [0.2, 0.25) is 0 Å². The molecule has 2 rings (SSSR count). The predicted molar refractivity (Wildman–Crippen MR) is 86.0 cm³/mol. The molecule has 0 heterocycles. The predicted octanol–water partition coefficient (Wildman–Crippen LogP) is -7.10. The first kappa shape index (κ1) is 29.5. The second-order valence-electron chi connectivity index (χ2n) is 5.06. The van der Waals surface area contributed by atoms with Crippen LogP contribution >= 0.6 is 0 Å². The molecule has 30 heavy (non-hydrogen) atoms. The number of benzene rings is 2. The minimum absolute atomic E-state index is 0. The zero-order valence-corrected chi connectivity index (χ0v) is 21.9. The van der Waals surface area contributed by atoms with E-state index < -0.39 is 52.9 Å². The molecule has 152 valence electrons. The normalized spacial score (nSPS) is 11.1. The Hall–Kier alpha value is -0.550. The van der Waals surface area contributed by atoms with Gasteiger partial charge in [0.1, 0.15) is 4.90 Å². The Labute approximate surface area is 216 Å². The van der Waals surface area contributed by atoms with Gasteiger partial charge in [-0.2, -0.15) is 16.8 Å². The second-order valence-corrected chi connectivity index (χ2v) is 7.96. The van der Waals surface area contributed by atoms with Gasteiger partial charge in [-0.05, 0) is 6.07 Å². The Morgan fingerprint density at radius 3 is 1.77 bits per heavy atom. The average molecular weight is 478 g/mol. The summed E-state index contributed by atoms with van der Waals surface area (Å²) in [5.74, 6) is -2.19. The van der Waals surface area contributed by atoms with Crippen molar-refractivity contribution < 1.29 is 109 Å². The maximum atomic E-state index is 12.8. The summed E-state index contributed by atoms with van der Waals surface area (Å²) in [7, 11) is -8.71. The summed E-state index contributed by atoms with van der Waals surface area (Å²) < 4.78 is 64.7. The average Bonchev–Trinajstić information content (AvgIpc) is 2.71. The van der Waals surface area contributed by atoms with E-state index in [9.17, 15) is 32.1 Å². The number of ketones is 1. The topological polar surface area (TPSA) is 168 Å². The summed E-state index contributed by atoms with van der Waals surface area (Å²) in [4.78, 5) is 10.0. The molecule has 0 unspecified atom stereocenters. The fourth-order valence-corrected chi connectivity index (χ4v) is 4.64. The van der Waals surface area contributed by atoms with Crippen LogP contribution in [0, 0.1) is 0 Å². The van der Waals surface area contributed by atoms with Crippen LogP contribution in [0.15, 0.2) is 46.2 Å². The second kappa shape index (κ2) is 11.9. The van der Waals surface area contributed by atoms with Gasteiger partial charge in [0, 0.05) is 11.1 Å². The van der Waals surface area contributed by atoms with Crippen molar-refractivity contribution in [1.29, 1.82) is 0 Å². The number of ether oxygens (including phenoxy) is 2. The van der Waals surface area contributed by atoms with Gasteiger partial charge < -0.3 is 28.7 Å². The maximum absolute atomic E-state index is 12.8. The van der Waals surface area contributed by atoms with Crippen molar-refractivity contribution in [3.05, 3.63) is 47.5 Å². The molecule has 15 heteroatoms. The molecule has 2 aromatic rings. The van der Waals surface area contributed by atoms with Crippen LogP contribution in [0.25, 0.3) is 0 Å². The minimum atomic E-state index is -5.37. The molecule has 0 amide bonds. The van der Waals surface area contributed by atoms with Crippen LogP contribution in [0.3, 0.4) is 0 Å². The van der Waals surface area contributed by atoms with E-state index in [1.807, 2.05) is 0 Å². The van der Waals surface area contributed by atoms with Crippen LogP contribution < -0.4 is 79.1 Å². The molecular weight excluding hydrogens is 466 g/mol. The number of carbonyl (C=O) groups is 1. The largest absolute Gasteiger partial charge is 1.00 e. The van der Waals surface area contributed by atoms with Crippen molar-refractivity contribution in [3.8, 4) is 11.5 Å². The van der Waals surface area contributed by atoms with Crippen molar-refractivity contribution in [2.24, 2.45) is 0 Å². The van der Waals surface area contributed by atoms with E-state index >= 15 is 0 Å². The summed E-state index contributed by atoms with van der Waals surface area (Å²) in [5, 5.41) is 21.6. The molecule has 0 spiro atoms. The third-order valence-corrected chi connectivity index (χ3v) is 5.84. The van der Waals surface area contributed by atoms with Crippen molar-refractivity contribution >= 4 is 26.0 Å². The number of hydrogen-bond donors (Lipinski definition) is 0. The Morgan fingerprint density at radius 2 is 1.33 bits per heavy atom. The molecule has 0 aliphatic heterocycles. The van der Waals surface area contributed by atoms with Crippen LogP contribution in [0.5, 0.6) is 11.5 Å². The first-order valence-corrected chi connectivity index (χ1v) is 9.97. The molecule has 0 N–H and O–H groups in total. The van der Waals surface area contributed by atoms with E-state index in [0.29, 0.717) is 0 Å². The van der Waals surface area contributed by atoms with Crippen molar-refractivity contribution in [2.75, 3.05) is 14.2 Å². The van der Waals surface area contributed by atoms with E-state index in [1.165, 1.54) is 24.3 Å². The minimum Gasteiger partial charge on any atom is -0.707 e. The molecule has 0 bridgehead atoms. The van der Waals surface area contributed by atoms with Gasteiger partial charge in [-0.3, -0.25) is 4.79 Å². The molecule has 0 radical (unpaired) electrons. The molecule has 2 aromatic carbocycles. The van der Waals surface area contributed by atoms with Crippen molar-refractivity contribution in [3.63, 3.8) is 0 Å². The monoisotopic (exact) mass is 478 g/mol. The van der Waals surface area contributed by atoms with E-state index in [2.05, 4.69) is 8.67 Å². The van der Waals surface area contributed by atoms with E-state index in [0.717, 1.165) is 20.3 Å². The van der Waals surface area contributed by atoms with Crippen LogP contribution in [0.1, 0.15) is 15.9 Å². The van der Waals surface area contributed by atoms with E-state index in [1.54, 1.807) is 6.07 Å². The third-order valence-electron chi connectivity index (χ3n) is 3.54. The molecule has 0 aliphatic rings. The molecule has 0 saturated carbocycles. The zero-order chi connectivity index (χ0) is 21.1. The van der Waals surface area contributed by atoms with Gasteiger partial charge in [0.05, 0.1) is 14.2 Å². The smallest absolute Gasteiger partial charge is 0.707 e. The van der Waals surface area contributed by atoms with Crippen LogP contribution in [-0.2, 0) is 28.9 Å². The number of methoxy groups -OCH3 is 2.